The van der Waals surface area contributed by atoms with E-state index in [4.69, 9.17) is 11.6 Å². The van der Waals surface area contributed by atoms with Crippen LogP contribution in [0.15, 0.2) is 0 Å². The van der Waals surface area contributed by atoms with Gasteiger partial charge >= 0.3 is 0 Å². The van der Waals surface area contributed by atoms with E-state index >= 15 is 0 Å². The lowest BCUT2D eigenvalue weighted by molar-refractivity contribution is 0.363. The van der Waals surface area contributed by atoms with Crippen LogP contribution in [0.2, 0.25) is 0 Å². The summed E-state index contributed by atoms with van der Waals surface area (Å²) in [5, 5.41) is -0.233. The van der Waals surface area contributed by atoms with Crippen LogP contribution in [-0.4, -0.2) is 25.6 Å². The van der Waals surface area contributed by atoms with E-state index in [-0.39, 0.29) is 10.6 Å². The summed E-state index contributed by atoms with van der Waals surface area (Å²) in [4.78, 5) is 0. The van der Waals surface area contributed by atoms with E-state index in [9.17, 15) is 8.42 Å². The molecule has 0 aromatic rings. The number of alkyl halides is 1. The predicted octanol–water partition coefficient (Wildman–Crippen LogP) is 2.11. The van der Waals surface area contributed by atoms with E-state index in [1.165, 1.54) is 6.42 Å². The van der Waals surface area contributed by atoms with Gasteiger partial charge in [0.05, 0.1) is 5.25 Å². The fourth-order valence-corrected chi connectivity index (χ4v) is 2.93. The second kappa shape index (κ2) is 5.51. The summed E-state index contributed by atoms with van der Waals surface area (Å²) in [6, 6.07) is 0. The SMILES string of the molecule is CC(C)S(=O)(=O)NCC1CCCCC1Cl. The second-order valence-corrected chi connectivity index (χ2v) is 7.38. The number of hydrogen-bond donors (Lipinski definition) is 1. The molecule has 0 heterocycles. The molecule has 0 aromatic heterocycles. The Balaban J connectivity index is 2.42. The third kappa shape index (κ3) is 3.93. The van der Waals surface area contributed by atoms with Crippen molar-refractivity contribution < 1.29 is 8.42 Å². The van der Waals surface area contributed by atoms with E-state index in [1.807, 2.05) is 0 Å². The molecule has 15 heavy (non-hydrogen) atoms. The van der Waals surface area contributed by atoms with Crippen LogP contribution in [0.5, 0.6) is 0 Å². The minimum Gasteiger partial charge on any atom is -0.215 e. The molecule has 0 radical (unpaired) electrons. The van der Waals surface area contributed by atoms with Gasteiger partial charge in [-0.1, -0.05) is 12.8 Å². The Kier molecular flexibility index (Phi) is 4.87. The lowest BCUT2D eigenvalue weighted by atomic mass is 9.89. The molecule has 1 N–H and O–H groups in total. The van der Waals surface area contributed by atoms with Crippen molar-refractivity contribution in [2.45, 2.75) is 50.2 Å². The maximum atomic E-state index is 11.5. The minimum atomic E-state index is -3.13. The molecule has 1 rings (SSSR count). The van der Waals surface area contributed by atoms with Crippen molar-refractivity contribution in [1.82, 2.24) is 4.72 Å². The molecule has 0 amide bonds. The maximum absolute atomic E-state index is 11.5. The molecule has 0 aromatic carbocycles. The molecule has 3 nitrogen and oxygen atoms in total. The van der Waals surface area contributed by atoms with Gasteiger partial charge in [0.2, 0.25) is 10.0 Å². The van der Waals surface area contributed by atoms with Crippen LogP contribution in [0, 0.1) is 5.92 Å². The van der Waals surface area contributed by atoms with Gasteiger partial charge < -0.3 is 0 Å². The van der Waals surface area contributed by atoms with Gasteiger partial charge in [-0.05, 0) is 32.6 Å². The van der Waals surface area contributed by atoms with Gasteiger partial charge in [-0.25, -0.2) is 13.1 Å². The lowest BCUT2D eigenvalue weighted by Gasteiger charge is -2.27. The first-order valence-electron chi connectivity index (χ1n) is 5.56. The van der Waals surface area contributed by atoms with Gasteiger partial charge in [-0.2, -0.15) is 0 Å². The lowest BCUT2D eigenvalue weighted by Crippen LogP contribution is -2.38. The summed E-state index contributed by atoms with van der Waals surface area (Å²) in [6.07, 6.45) is 4.38. The van der Waals surface area contributed by atoms with E-state index in [2.05, 4.69) is 4.72 Å². The highest BCUT2D eigenvalue weighted by Gasteiger charge is 2.25. The minimum absolute atomic E-state index is 0.133. The molecular formula is C10H20ClNO2S. The number of rotatable bonds is 4. The van der Waals surface area contributed by atoms with Crippen molar-refractivity contribution in [2.75, 3.05) is 6.54 Å². The molecule has 2 unspecified atom stereocenters. The summed E-state index contributed by atoms with van der Waals surface area (Å²) in [6.45, 7) is 3.86. The first kappa shape index (κ1) is 13.3. The summed E-state index contributed by atoms with van der Waals surface area (Å²) in [5.41, 5.74) is 0. The van der Waals surface area contributed by atoms with Crippen LogP contribution in [0.3, 0.4) is 0 Å². The average molecular weight is 254 g/mol. The number of nitrogens with one attached hydrogen (secondary N) is 1. The second-order valence-electron chi connectivity index (χ2n) is 4.50. The van der Waals surface area contributed by atoms with E-state index in [0.29, 0.717) is 12.5 Å². The zero-order valence-corrected chi connectivity index (χ0v) is 10.9. The van der Waals surface area contributed by atoms with Crippen LogP contribution < -0.4 is 4.72 Å². The van der Waals surface area contributed by atoms with Crippen LogP contribution >= 0.6 is 11.6 Å². The Morgan fingerprint density at radius 2 is 1.93 bits per heavy atom. The molecule has 0 spiro atoms. The smallest absolute Gasteiger partial charge is 0.213 e. The van der Waals surface area contributed by atoms with Crippen molar-refractivity contribution >= 4 is 21.6 Å². The predicted molar refractivity (Wildman–Crippen MR) is 63.7 cm³/mol. The molecule has 1 aliphatic rings. The van der Waals surface area contributed by atoms with Crippen LogP contribution in [0.25, 0.3) is 0 Å². The van der Waals surface area contributed by atoms with E-state index < -0.39 is 10.0 Å². The molecule has 1 aliphatic carbocycles. The molecule has 90 valence electrons. The van der Waals surface area contributed by atoms with Gasteiger partial charge in [0.15, 0.2) is 0 Å². The zero-order chi connectivity index (χ0) is 11.5. The van der Waals surface area contributed by atoms with Crippen molar-refractivity contribution in [1.29, 1.82) is 0 Å². The first-order valence-corrected chi connectivity index (χ1v) is 7.54. The Morgan fingerprint density at radius 3 is 2.47 bits per heavy atom. The van der Waals surface area contributed by atoms with Crippen LogP contribution in [0.4, 0.5) is 0 Å². The third-order valence-electron chi connectivity index (χ3n) is 2.98. The average Bonchev–Trinajstić information content (AvgIpc) is 2.16. The molecule has 0 aliphatic heterocycles. The Bertz CT molecular complexity index is 290. The van der Waals surface area contributed by atoms with Crippen LogP contribution in [0.1, 0.15) is 39.5 Å². The summed E-state index contributed by atoms with van der Waals surface area (Å²) in [7, 11) is -3.13. The van der Waals surface area contributed by atoms with Crippen molar-refractivity contribution in [3.63, 3.8) is 0 Å². The van der Waals surface area contributed by atoms with Crippen molar-refractivity contribution in [2.24, 2.45) is 5.92 Å². The summed E-state index contributed by atoms with van der Waals surface area (Å²) in [5.74, 6) is 0.300. The Hall–Kier alpha value is 0.200. The molecule has 5 heteroatoms. The van der Waals surface area contributed by atoms with Crippen LogP contribution in [-0.2, 0) is 10.0 Å². The normalized spacial score (nSPS) is 28.3. The summed E-state index contributed by atoms with van der Waals surface area (Å²) < 4.78 is 25.7. The fourth-order valence-electron chi connectivity index (χ4n) is 1.78. The highest BCUT2D eigenvalue weighted by Crippen LogP contribution is 2.28. The van der Waals surface area contributed by atoms with Gasteiger partial charge in [0.25, 0.3) is 0 Å². The van der Waals surface area contributed by atoms with Gasteiger partial charge in [0, 0.05) is 11.9 Å². The fraction of sp³-hybridized carbons (Fsp3) is 1.00. The van der Waals surface area contributed by atoms with E-state index in [0.717, 1.165) is 19.3 Å². The van der Waals surface area contributed by atoms with Gasteiger partial charge in [-0.3, -0.25) is 0 Å². The van der Waals surface area contributed by atoms with Crippen molar-refractivity contribution in [3.8, 4) is 0 Å². The number of halogens is 1. The monoisotopic (exact) mass is 253 g/mol. The maximum Gasteiger partial charge on any atom is 0.213 e. The Labute approximate surface area is 97.6 Å². The molecular weight excluding hydrogens is 234 g/mol. The third-order valence-corrected chi connectivity index (χ3v) is 5.37. The molecule has 0 bridgehead atoms. The molecule has 1 fully saturated rings. The zero-order valence-electron chi connectivity index (χ0n) is 9.37. The Morgan fingerprint density at radius 1 is 1.33 bits per heavy atom. The van der Waals surface area contributed by atoms with Gasteiger partial charge in [-0.15, -0.1) is 11.6 Å². The van der Waals surface area contributed by atoms with Crippen molar-refractivity contribution in [3.05, 3.63) is 0 Å². The number of hydrogen-bond acceptors (Lipinski definition) is 2. The quantitative estimate of drug-likeness (QED) is 0.780. The van der Waals surface area contributed by atoms with Gasteiger partial charge in [0.1, 0.15) is 0 Å². The first-order chi connectivity index (χ1) is 6.93. The molecule has 1 saturated carbocycles. The summed E-state index contributed by atoms with van der Waals surface area (Å²) >= 11 is 6.16. The van der Waals surface area contributed by atoms with E-state index in [1.54, 1.807) is 13.8 Å². The molecule has 2 atom stereocenters. The largest absolute Gasteiger partial charge is 0.215 e. The highest BCUT2D eigenvalue weighted by molar-refractivity contribution is 7.90. The highest BCUT2D eigenvalue weighted by atomic mass is 35.5. The topological polar surface area (TPSA) is 46.2 Å². The number of sulfonamides is 1. The standard InChI is InChI=1S/C10H20ClNO2S/c1-8(2)15(13,14)12-7-9-5-3-4-6-10(9)11/h8-10,12H,3-7H2,1-2H3. The molecule has 0 saturated heterocycles.